The lowest BCUT2D eigenvalue weighted by atomic mass is 9.94. The summed E-state index contributed by atoms with van der Waals surface area (Å²) in [4.78, 5) is 58.0. The highest BCUT2D eigenvalue weighted by Gasteiger charge is 2.34. The minimum atomic E-state index is -1.09. The number of aliphatic carboxylic acids is 1. The Morgan fingerprint density at radius 1 is 0.982 bits per heavy atom. The van der Waals surface area contributed by atoms with E-state index in [-0.39, 0.29) is 24.3 Å². The molecule has 1 aromatic heterocycles. The van der Waals surface area contributed by atoms with E-state index in [0.717, 1.165) is 50.6 Å². The third kappa shape index (κ3) is 9.66. The average Bonchev–Trinajstić information content (AvgIpc) is 3.59. The van der Waals surface area contributed by atoms with Gasteiger partial charge in [0, 0.05) is 29.2 Å². The van der Waals surface area contributed by atoms with E-state index < -0.39 is 30.6 Å². The number of aromatic amines is 1. The van der Waals surface area contributed by atoms with Gasteiger partial charge in [0.05, 0.1) is 36.5 Å². The molecular weight excluding hydrogens is 713 g/mol. The van der Waals surface area contributed by atoms with E-state index in [1.54, 1.807) is 26.2 Å². The average molecular weight is 759 g/mol. The molecule has 7 rings (SSSR count). The number of nitrogens with zero attached hydrogens (tertiary/aromatic N) is 3. The number of amides is 2. The van der Waals surface area contributed by atoms with Gasteiger partial charge in [-0.2, -0.15) is 5.10 Å². The van der Waals surface area contributed by atoms with Crippen molar-refractivity contribution in [1.82, 2.24) is 20.7 Å². The maximum atomic E-state index is 13.3. The number of methoxy groups -OCH3 is 1. The maximum Gasteiger partial charge on any atom is 0.323 e. The molecule has 2 aliphatic heterocycles. The van der Waals surface area contributed by atoms with E-state index in [2.05, 4.69) is 25.8 Å². The smallest absolute Gasteiger partial charge is 0.323 e. The van der Waals surface area contributed by atoms with Crippen LogP contribution in [0, 0.1) is 5.92 Å². The van der Waals surface area contributed by atoms with Gasteiger partial charge in [-0.15, -0.1) is 0 Å². The number of anilines is 1. The second kappa shape index (κ2) is 18.3. The molecular formula is C43H46N6O7. The van der Waals surface area contributed by atoms with E-state index in [9.17, 15) is 24.3 Å². The fourth-order valence-corrected chi connectivity index (χ4v) is 6.94. The van der Waals surface area contributed by atoms with Crippen molar-refractivity contribution in [2.75, 3.05) is 25.2 Å². The van der Waals surface area contributed by atoms with Crippen LogP contribution < -0.4 is 20.4 Å². The van der Waals surface area contributed by atoms with Crippen molar-refractivity contribution in [3.8, 4) is 17.1 Å². The largest absolute Gasteiger partial charge is 0.497 e. The molecule has 13 nitrogen and oxygen atoms in total. The number of carbonyl (C=O) groups is 4. The standard InChI is InChI=1S/C24H28N2O5.C19H18N4O2/c1-2-31-24(30)20(14-12-17-8-4-3-5-9-17)25-19-15-13-18-10-6-7-11-21(18)26(23(19)29)16-22(27)28;1-11-9-17(24)22-23-18(11)13-5-8-15-16(10-13)21-19(20-15)12-3-6-14(25-2)7-4-12/h3-11,19-20,25H,2,12-16H2,1H3,(H,27,28);3-8,10-11H,9H2,1-2H3,(H,20,21)(H,22,24)/t19-,20-;/m0./s1. The Morgan fingerprint density at radius 3 is 2.43 bits per heavy atom. The maximum absolute atomic E-state index is 13.3. The monoisotopic (exact) mass is 758 g/mol. The second-order valence-corrected chi connectivity index (χ2v) is 13.7. The molecule has 4 aromatic carbocycles. The summed E-state index contributed by atoms with van der Waals surface area (Å²) in [6, 6.07) is 29.5. The number of hydrogen-bond donors (Lipinski definition) is 4. The van der Waals surface area contributed by atoms with Gasteiger partial charge in [0.15, 0.2) is 0 Å². The second-order valence-electron chi connectivity index (χ2n) is 13.7. The number of fused-ring (bicyclic) bond motifs is 2. The van der Waals surface area contributed by atoms with Crippen LogP contribution in [0.4, 0.5) is 5.69 Å². The number of nitrogens with one attached hydrogen (secondary N) is 3. The highest BCUT2D eigenvalue weighted by molar-refractivity contribution is 6.07. The summed E-state index contributed by atoms with van der Waals surface area (Å²) in [7, 11) is 1.65. The normalized spacial score (nSPS) is 17.1. The number of H-pyrrole nitrogens is 1. The lowest BCUT2D eigenvalue weighted by molar-refractivity contribution is -0.146. The number of aromatic nitrogens is 2. The van der Waals surface area contributed by atoms with Crippen molar-refractivity contribution in [1.29, 1.82) is 0 Å². The Labute approximate surface area is 325 Å². The van der Waals surface area contributed by atoms with Gasteiger partial charge in [-0.25, -0.2) is 10.4 Å². The molecule has 0 bridgehead atoms. The number of aryl methyl sites for hydroxylation is 2. The van der Waals surface area contributed by atoms with Crippen molar-refractivity contribution >= 4 is 46.2 Å². The van der Waals surface area contributed by atoms with Gasteiger partial charge in [0.2, 0.25) is 11.8 Å². The molecule has 13 heteroatoms. The minimum Gasteiger partial charge on any atom is -0.497 e. The lowest BCUT2D eigenvalue weighted by Crippen LogP contribution is -2.53. The van der Waals surface area contributed by atoms with Crippen molar-refractivity contribution < 1.29 is 33.8 Å². The number of ether oxygens (including phenoxy) is 2. The lowest BCUT2D eigenvalue weighted by Gasteiger charge is -2.27. The number of imidazole rings is 1. The quantitative estimate of drug-likeness (QED) is 0.117. The highest BCUT2D eigenvalue weighted by atomic mass is 16.5. The van der Waals surface area contributed by atoms with Gasteiger partial charge in [0.25, 0.3) is 0 Å². The topological polar surface area (TPSA) is 175 Å². The SMILES string of the molecule is CCOC(=O)[C@H](CCc1ccccc1)N[C@H]1CCc2ccccc2N(CC(=O)O)C1=O.COc1ccc(-c2nc3ccc(C4=NNC(=O)CC4C)cc3[nH]2)cc1. The van der Waals surface area contributed by atoms with Crippen LogP contribution in [0.2, 0.25) is 0 Å². The molecule has 0 saturated heterocycles. The molecule has 4 N–H and O–H groups in total. The van der Waals surface area contributed by atoms with Crippen LogP contribution in [0.1, 0.15) is 49.8 Å². The number of hydrazone groups is 1. The molecule has 5 aromatic rings. The van der Waals surface area contributed by atoms with Crippen molar-refractivity contribution in [2.45, 2.75) is 58.0 Å². The zero-order valence-corrected chi connectivity index (χ0v) is 31.7. The summed E-state index contributed by atoms with van der Waals surface area (Å²) in [6.45, 7) is 3.57. The van der Waals surface area contributed by atoms with E-state index in [1.165, 1.54) is 4.90 Å². The van der Waals surface area contributed by atoms with Crippen molar-refractivity contribution in [2.24, 2.45) is 11.0 Å². The highest BCUT2D eigenvalue weighted by Crippen LogP contribution is 2.28. The summed E-state index contributed by atoms with van der Waals surface area (Å²) in [5, 5.41) is 16.8. The Bertz CT molecular complexity index is 2200. The summed E-state index contributed by atoms with van der Waals surface area (Å²) in [6.07, 6.45) is 2.64. The predicted octanol–water partition coefficient (Wildman–Crippen LogP) is 5.67. The predicted molar refractivity (Wildman–Crippen MR) is 213 cm³/mol. The van der Waals surface area contributed by atoms with E-state index in [1.807, 2.05) is 91.9 Å². The van der Waals surface area contributed by atoms with Crippen LogP contribution in [-0.2, 0) is 36.8 Å². The molecule has 0 fully saturated rings. The van der Waals surface area contributed by atoms with Gasteiger partial charge in [-0.1, -0.05) is 61.5 Å². The first kappa shape index (κ1) is 39.4. The number of rotatable bonds is 12. The number of hydrogen-bond acceptors (Lipinski definition) is 9. The fourth-order valence-electron chi connectivity index (χ4n) is 6.94. The molecule has 0 radical (unpaired) electrons. The Balaban J connectivity index is 0.000000194. The number of carbonyl (C=O) groups excluding carboxylic acids is 3. The van der Waals surface area contributed by atoms with Crippen LogP contribution in [0.15, 0.2) is 102 Å². The number of carboxylic acids is 1. The number of para-hydroxylation sites is 1. The molecule has 3 atom stereocenters. The minimum absolute atomic E-state index is 0.0411. The molecule has 290 valence electrons. The first-order valence-electron chi connectivity index (χ1n) is 18.7. The zero-order chi connectivity index (χ0) is 39.6. The molecule has 1 unspecified atom stereocenters. The van der Waals surface area contributed by atoms with Crippen molar-refractivity contribution in [3.05, 3.63) is 114 Å². The van der Waals surface area contributed by atoms with Crippen LogP contribution in [-0.4, -0.2) is 76.9 Å². The fraction of sp³-hybridized carbons (Fsp3) is 0.302. The van der Waals surface area contributed by atoms with Gasteiger partial charge in [0.1, 0.15) is 24.2 Å². The Morgan fingerprint density at radius 2 is 1.71 bits per heavy atom. The molecule has 2 aliphatic rings. The van der Waals surface area contributed by atoms with Crippen LogP contribution >= 0.6 is 0 Å². The number of carboxylic acid groups (broad SMARTS) is 1. The first-order valence-corrected chi connectivity index (χ1v) is 18.7. The molecule has 0 aliphatic carbocycles. The molecule has 0 spiro atoms. The van der Waals surface area contributed by atoms with Crippen LogP contribution in [0.25, 0.3) is 22.4 Å². The summed E-state index contributed by atoms with van der Waals surface area (Å²) in [5.41, 5.74) is 9.88. The van der Waals surface area contributed by atoms with Gasteiger partial charge in [-0.3, -0.25) is 29.4 Å². The molecule has 2 amide bonds. The van der Waals surface area contributed by atoms with E-state index in [4.69, 9.17) is 9.47 Å². The van der Waals surface area contributed by atoms with Gasteiger partial charge in [-0.05, 0) is 86.2 Å². The van der Waals surface area contributed by atoms with E-state index >= 15 is 0 Å². The summed E-state index contributed by atoms with van der Waals surface area (Å²) in [5.74, 6) is -0.167. The Hall–Kier alpha value is -6.34. The van der Waals surface area contributed by atoms with Crippen LogP contribution in [0.5, 0.6) is 5.75 Å². The number of benzene rings is 4. The molecule has 0 saturated carbocycles. The van der Waals surface area contributed by atoms with E-state index in [0.29, 0.717) is 37.8 Å². The molecule has 3 heterocycles. The Kier molecular flexibility index (Phi) is 12.9. The summed E-state index contributed by atoms with van der Waals surface area (Å²) >= 11 is 0. The zero-order valence-electron chi connectivity index (χ0n) is 31.7. The third-order valence-electron chi connectivity index (χ3n) is 9.78. The van der Waals surface area contributed by atoms with Crippen molar-refractivity contribution in [3.63, 3.8) is 0 Å². The summed E-state index contributed by atoms with van der Waals surface area (Å²) < 4.78 is 10.4. The third-order valence-corrected chi connectivity index (χ3v) is 9.78. The van der Waals surface area contributed by atoms with Crippen LogP contribution in [0.3, 0.4) is 0 Å². The number of esters is 1. The van der Waals surface area contributed by atoms with Gasteiger partial charge >= 0.3 is 11.9 Å². The first-order chi connectivity index (χ1) is 27.1. The van der Waals surface area contributed by atoms with Gasteiger partial charge < -0.3 is 19.6 Å². The molecule has 56 heavy (non-hydrogen) atoms.